The SMILES string of the molecule is COc1cc(/C=C(\C#N)C(=O)Nc2cccc(Cl)c2)ccc1OCC(=O)Nc1ccccc1Cl. The van der Waals surface area contributed by atoms with Crippen LogP contribution < -0.4 is 20.1 Å². The first-order valence-electron chi connectivity index (χ1n) is 9.93. The van der Waals surface area contributed by atoms with Gasteiger partial charge in [-0.3, -0.25) is 9.59 Å². The molecule has 7 nitrogen and oxygen atoms in total. The number of nitrogens with one attached hydrogen (secondary N) is 2. The van der Waals surface area contributed by atoms with Crippen molar-refractivity contribution in [1.82, 2.24) is 0 Å². The summed E-state index contributed by atoms with van der Waals surface area (Å²) in [7, 11) is 1.44. The molecule has 0 aliphatic heterocycles. The van der Waals surface area contributed by atoms with Gasteiger partial charge in [0.15, 0.2) is 18.1 Å². The van der Waals surface area contributed by atoms with Gasteiger partial charge in [-0.2, -0.15) is 5.26 Å². The average molecular weight is 496 g/mol. The van der Waals surface area contributed by atoms with E-state index in [-0.39, 0.29) is 12.2 Å². The second kappa shape index (κ2) is 11.8. The molecule has 0 saturated carbocycles. The van der Waals surface area contributed by atoms with E-state index in [2.05, 4.69) is 10.6 Å². The smallest absolute Gasteiger partial charge is 0.266 e. The van der Waals surface area contributed by atoms with Gasteiger partial charge in [0, 0.05) is 10.7 Å². The maximum absolute atomic E-state index is 12.5. The van der Waals surface area contributed by atoms with Gasteiger partial charge in [0.1, 0.15) is 11.6 Å². The number of hydrogen-bond acceptors (Lipinski definition) is 5. The lowest BCUT2D eigenvalue weighted by Crippen LogP contribution is -2.20. The van der Waals surface area contributed by atoms with E-state index in [9.17, 15) is 14.9 Å². The second-order valence-electron chi connectivity index (χ2n) is 6.86. The molecule has 0 atom stereocenters. The summed E-state index contributed by atoms with van der Waals surface area (Å²) in [6.07, 6.45) is 1.41. The van der Waals surface area contributed by atoms with Crippen molar-refractivity contribution in [3.8, 4) is 17.6 Å². The van der Waals surface area contributed by atoms with Crippen molar-refractivity contribution < 1.29 is 19.1 Å². The molecule has 2 amide bonds. The molecule has 0 unspecified atom stereocenters. The number of amides is 2. The number of nitriles is 1. The fourth-order valence-corrected chi connectivity index (χ4v) is 3.24. The van der Waals surface area contributed by atoms with E-state index >= 15 is 0 Å². The van der Waals surface area contributed by atoms with Crippen molar-refractivity contribution in [2.75, 3.05) is 24.4 Å². The second-order valence-corrected chi connectivity index (χ2v) is 7.70. The van der Waals surface area contributed by atoms with Crippen LogP contribution in [0.1, 0.15) is 5.56 Å². The Labute approximate surface area is 206 Å². The highest BCUT2D eigenvalue weighted by Gasteiger charge is 2.13. The third-order valence-corrected chi connectivity index (χ3v) is 5.02. The fourth-order valence-electron chi connectivity index (χ4n) is 2.87. The fraction of sp³-hybridized carbons (Fsp3) is 0.0800. The summed E-state index contributed by atoms with van der Waals surface area (Å²) in [5.74, 6) is -0.341. The summed E-state index contributed by atoms with van der Waals surface area (Å²) >= 11 is 12.0. The first-order chi connectivity index (χ1) is 16.4. The first kappa shape index (κ1) is 24.6. The minimum atomic E-state index is -0.583. The van der Waals surface area contributed by atoms with Crippen LogP contribution in [-0.2, 0) is 9.59 Å². The normalized spacial score (nSPS) is 10.7. The molecule has 0 fully saturated rings. The molecule has 3 rings (SSSR count). The summed E-state index contributed by atoms with van der Waals surface area (Å²) in [4.78, 5) is 24.7. The van der Waals surface area contributed by atoms with Crippen molar-refractivity contribution in [2.45, 2.75) is 0 Å². The van der Waals surface area contributed by atoms with Crippen LogP contribution in [0.15, 0.2) is 72.3 Å². The summed E-state index contributed by atoms with van der Waals surface area (Å²) < 4.78 is 10.9. The Balaban J connectivity index is 1.68. The third kappa shape index (κ3) is 6.75. The molecule has 0 bridgehead atoms. The molecule has 0 radical (unpaired) electrons. The van der Waals surface area contributed by atoms with Gasteiger partial charge in [-0.1, -0.05) is 47.5 Å². The van der Waals surface area contributed by atoms with Gasteiger partial charge in [0.2, 0.25) is 0 Å². The van der Waals surface area contributed by atoms with Gasteiger partial charge in [-0.15, -0.1) is 0 Å². The topological polar surface area (TPSA) is 100 Å². The highest BCUT2D eigenvalue weighted by atomic mass is 35.5. The zero-order valence-electron chi connectivity index (χ0n) is 18.0. The Kier molecular flexibility index (Phi) is 8.52. The van der Waals surface area contributed by atoms with E-state index < -0.39 is 11.8 Å². The average Bonchev–Trinajstić information content (AvgIpc) is 2.82. The van der Waals surface area contributed by atoms with Crippen LogP contribution in [0, 0.1) is 11.3 Å². The van der Waals surface area contributed by atoms with Crippen LogP contribution in [-0.4, -0.2) is 25.5 Å². The lowest BCUT2D eigenvalue weighted by Gasteiger charge is -2.12. The third-order valence-electron chi connectivity index (χ3n) is 4.45. The van der Waals surface area contributed by atoms with Crippen molar-refractivity contribution in [2.24, 2.45) is 0 Å². The number of anilines is 2. The van der Waals surface area contributed by atoms with E-state index in [1.165, 1.54) is 13.2 Å². The van der Waals surface area contributed by atoms with Crippen LogP contribution in [0.4, 0.5) is 11.4 Å². The van der Waals surface area contributed by atoms with Crippen LogP contribution >= 0.6 is 23.2 Å². The molecule has 0 aliphatic carbocycles. The lowest BCUT2D eigenvalue weighted by molar-refractivity contribution is -0.118. The quantitative estimate of drug-likeness (QED) is 0.314. The van der Waals surface area contributed by atoms with Crippen molar-refractivity contribution in [3.05, 3.63) is 87.9 Å². The van der Waals surface area contributed by atoms with Gasteiger partial charge < -0.3 is 20.1 Å². The molecular weight excluding hydrogens is 477 g/mol. The van der Waals surface area contributed by atoms with Gasteiger partial charge in [-0.25, -0.2) is 0 Å². The molecule has 3 aromatic carbocycles. The Bertz CT molecular complexity index is 1290. The summed E-state index contributed by atoms with van der Waals surface area (Å²) in [6, 6.07) is 20.1. The van der Waals surface area contributed by atoms with Crippen molar-refractivity contribution >= 4 is 52.5 Å². The Morgan fingerprint density at radius 2 is 1.79 bits per heavy atom. The van der Waals surface area contributed by atoms with E-state index in [1.54, 1.807) is 66.7 Å². The maximum atomic E-state index is 12.5. The molecule has 34 heavy (non-hydrogen) atoms. The Morgan fingerprint density at radius 1 is 1.00 bits per heavy atom. The van der Waals surface area contributed by atoms with E-state index in [4.69, 9.17) is 32.7 Å². The molecule has 0 aromatic heterocycles. The van der Waals surface area contributed by atoms with E-state index in [0.717, 1.165) is 0 Å². The number of carbonyl (C=O) groups is 2. The Hall–Kier alpha value is -3.99. The molecule has 0 aliphatic rings. The largest absolute Gasteiger partial charge is 0.493 e. The highest BCUT2D eigenvalue weighted by molar-refractivity contribution is 6.33. The summed E-state index contributed by atoms with van der Waals surface area (Å²) in [5, 5.41) is 15.6. The van der Waals surface area contributed by atoms with E-state index in [0.29, 0.717) is 38.5 Å². The minimum absolute atomic E-state index is 0.116. The van der Waals surface area contributed by atoms with Crippen LogP contribution in [0.2, 0.25) is 10.0 Å². The van der Waals surface area contributed by atoms with Crippen molar-refractivity contribution in [1.29, 1.82) is 5.26 Å². The zero-order valence-corrected chi connectivity index (χ0v) is 19.5. The number of halogens is 2. The molecule has 0 heterocycles. The number of hydrogen-bond donors (Lipinski definition) is 2. The van der Waals surface area contributed by atoms with Gasteiger partial charge >= 0.3 is 0 Å². The Morgan fingerprint density at radius 3 is 2.50 bits per heavy atom. The van der Waals surface area contributed by atoms with E-state index in [1.807, 2.05) is 6.07 Å². The first-order valence-corrected chi connectivity index (χ1v) is 10.7. The highest BCUT2D eigenvalue weighted by Crippen LogP contribution is 2.29. The number of nitrogens with zero attached hydrogens (tertiary/aromatic N) is 1. The van der Waals surface area contributed by atoms with Gasteiger partial charge in [0.05, 0.1) is 17.8 Å². The molecule has 2 N–H and O–H groups in total. The maximum Gasteiger partial charge on any atom is 0.266 e. The van der Waals surface area contributed by atoms with Crippen molar-refractivity contribution in [3.63, 3.8) is 0 Å². The number of rotatable bonds is 8. The number of benzene rings is 3. The van der Waals surface area contributed by atoms with Gasteiger partial charge in [-0.05, 0) is 54.1 Å². The molecule has 0 saturated heterocycles. The predicted octanol–water partition coefficient (Wildman–Crippen LogP) is 5.57. The number of carbonyl (C=O) groups excluding carboxylic acids is 2. The van der Waals surface area contributed by atoms with Crippen LogP contribution in [0.5, 0.6) is 11.5 Å². The predicted molar refractivity (Wildman–Crippen MR) is 132 cm³/mol. The minimum Gasteiger partial charge on any atom is -0.493 e. The van der Waals surface area contributed by atoms with Gasteiger partial charge in [0.25, 0.3) is 11.8 Å². The molecule has 172 valence electrons. The standard InChI is InChI=1S/C25H19Cl2N3O4/c1-33-23-12-16(11-17(14-28)25(32)29-19-6-4-5-18(26)13-19)9-10-22(23)34-15-24(31)30-21-8-3-2-7-20(21)27/h2-13H,15H2,1H3,(H,29,32)(H,30,31)/b17-11+. The molecule has 0 spiro atoms. The number of ether oxygens (including phenoxy) is 2. The molecule has 3 aromatic rings. The number of para-hydroxylation sites is 1. The summed E-state index contributed by atoms with van der Waals surface area (Å²) in [6.45, 7) is -0.276. The molecule has 9 heteroatoms. The summed E-state index contributed by atoms with van der Waals surface area (Å²) in [5.41, 5.74) is 1.36. The monoisotopic (exact) mass is 495 g/mol. The van der Waals surface area contributed by atoms with Crippen LogP contribution in [0.25, 0.3) is 6.08 Å². The lowest BCUT2D eigenvalue weighted by atomic mass is 10.1. The zero-order chi connectivity index (χ0) is 24.5. The molecular formula is C25H19Cl2N3O4. The van der Waals surface area contributed by atoms with Crippen LogP contribution in [0.3, 0.4) is 0 Å². The number of methoxy groups -OCH3 is 1.